The molecule has 19 heavy (non-hydrogen) atoms. The molecule has 1 aliphatic carbocycles. The average Bonchev–Trinajstić information content (AvgIpc) is 2.68. The molecule has 0 aromatic carbocycles. The second-order valence-electron chi connectivity index (χ2n) is 6.10. The summed E-state index contributed by atoms with van der Waals surface area (Å²) in [4.78, 5) is 14.5. The van der Waals surface area contributed by atoms with Crippen molar-refractivity contribution < 1.29 is 4.79 Å². The van der Waals surface area contributed by atoms with Crippen molar-refractivity contribution >= 4 is 5.91 Å². The van der Waals surface area contributed by atoms with Gasteiger partial charge in [-0.3, -0.25) is 9.69 Å². The van der Waals surface area contributed by atoms with E-state index in [1.165, 1.54) is 38.5 Å². The van der Waals surface area contributed by atoms with Crippen LogP contribution in [0.25, 0.3) is 0 Å². The molecule has 2 N–H and O–H groups in total. The summed E-state index contributed by atoms with van der Waals surface area (Å²) in [6.07, 6.45) is 8.22. The second kappa shape index (κ2) is 7.85. The molecule has 2 aliphatic rings. The zero-order chi connectivity index (χ0) is 13.5. The van der Waals surface area contributed by atoms with E-state index in [-0.39, 0.29) is 5.91 Å². The molecule has 4 heteroatoms. The van der Waals surface area contributed by atoms with Crippen LogP contribution in [0.15, 0.2) is 0 Å². The van der Waals surface area contributed by atoms with Gasteiger partial charge in [-0.1, -0.05) is 25.7 Å². The van der Waals surface area contributed by atoms with E-state index in [2.05, 4.69) is 22.5 Å². The molecule has 1 heterocycles. The lowest BCUT2D eigenvalue weighted by atomic mass is 10.1. The maximum Gasteiger partial charge on any atom is 0.221 e. The number of nitrogens with zero attached hydrogens (tertiary/aromatic N) is 1. The summed E-state index contributed by atoms with van der Waals surface area (Å²) in [5.41, 5.74) is 0. The first kappa shape index (κ1) is 14.8. The first-order valence-electron chi connectivity index (χ1n) is 8.00. The Morgan fingerprint density at radius 1 is 1.21 bits per heavy atom. The van der Waals surface area contributed by atoms with E-state index in [1.54, 1.807) is 0 Å². The highest BCUT2D eigenvalue weighted by Crippen LogP contribution is 2.17. The van der Waals surface area contributed by atoms with Gasteiger partial charge in [0.1, 0.15) is 0 Å². The van der Waals surface area contributed by atoms with E-state index >= 15 is 0 Å². The number of hydrogen-bond acceptors (Lipinski definition) is 3. The predicted molar refractivity (Wildman–Crippen MR) is 78.2 cm³/mol. The van der Waals surface area contributed by atoms with Crippen LogP contribution < -0.4 is 10.6 Å². The third kappa shape index (κ3) is 5.11. The summed E-state index contributed by atoms with van der Waals surface area (Å²) in [5.74, 6) is 0.248. The molecule has 2 rings (SSSR count). The van der Waals surface area contributed by atoms with Crippen LogP contribution in [0.2, 0.25) is 0 Å². The molecular formula is C15H29N3O. The van der Waals surface area contributed by atoms with Crippen LogP contribution in [0.1, 0.15) is 51.9 Å². The Labute approximate surface area is 117 Å². The van der Waals surface area contributed by atoms with E-state index in [9.17, 15) is 4.79 Å². The SMILES string of the molecule is CC(CC(=O)NC1CCCCCC1)N1CCNCC1. The number of carbonyl (C=O) groups excluding carboxylic acids is 1. The van der Waals surface area contributed by atoms with Gasteiger partial charge in [-0.15, -0.1) is 0 Å². The van der Waals surface area contributed by atoms with E-state index in [0.29, 0.717) is 18.5 Å². The Balaban J connectivity index is 1.70. The molecular weight excluding hydrogens is 238 g/mol. The molecule has 1 amide bonds. The second-order valence-corrected chi connectivity index (χ2v) is 6.10. The number of carbonyl (C=O) groups is 1. The summed E-state index contributed by atoms with van der Waals surface area (Å²) in [6, 6.07) is 0.804. The van der Waals surface area contributed by atoms with Gasteiger partial charge in [-0.25, -0.2) is 0 Å². The molecule has 1 saturated heterocycles. The van der Waals surface area contributed by atoms with Crippen LogP contribution in [-0.4, -0.2) is 49.1 Å². The van der Waals surface area contributed by atoms with Crippen molar-refractivity contribution in [2.24, 2.45) is 0 Å². The fraction of sp³-hybridized carbons (Fsp3) is 0.933. The third-order valence-electron chi connectivity index (χ3n) is 4.48. The molecule has 1 saturated carbocycles. The molecule has 1 aliphatic heterocycles. The van der Waals surface area contributed by atoms with Gasteiger partial charge in [0.15, 0.2) is 0 Å². The molecule has 1 unspecified atom stereocenters. The standard InChI is InChI=1S/C15H29N3O/c1-13(18-10-8-16-9-11-18)12-15(19)17-14-6-4-2-3-5-7-14/h13-14,16H,2-12H2,1H3,(H,17,19). The van der Waals surface area contributed by atoms with Crippen LogP contribution >= 0.6 is 0 Å². The number of hydrogen-bond donors (Lipinski definition) is 2. The zero-order valence-corrected chi connectivity index (χ0v) is 12.3. The monoisotopic (exact) mass is 267 g/mol. The van der Waals surface area contributed by atoms with Gasteiger partial charge in [0.25, 0.3) is 0 Å². The molecule has 0 spiro atoms. The third-order valence-corrected chi connectivity index (χ3v) is 4.48. The summed E-state index contributed by atoms with van der Waals surface area (Å²) in [7, 11) is 0. The van der Waals surface area contributed by atoms with Crippen LogP contribution in [0.5, 0.6) is 0 Å². The van der Waals surface area contributed by atoms with Crippen molar-refractivity contribution in [1.82, 2.24) is 15.5 Å². The predicted octanol–water partition coefficient (Wildman–Crippen LogP) is 1.51. The molecule has 0 aromatic rings. The Morgan fingerprint density at radius 3 is 2.47 bits per heavy atom. The molecule has 0 radical (unpaired) electrons. The smallest absolute Gasteiger partial charge is 0.221 e. The normalized spacial score (nSPS) is 24.7. The van der Waals surface area contributed by atoms with E-state index in [1.807, 2.05) is 0 Å². The summed E-state index contributed by atoms with van der Waals surface area (Å²) in [5, 5.41) is 6.60. The van der Waals surface area contributed by atoms with Crippen LogP contribution in [0, 0.1) is 0 Å². The van der Waals surface area contributed by atoms with Gasteiger partial charge in [-0.2, -0.15) is 0 Å². The zero-order valence-electron chi connectivity index (χ0n) is 12.3. The van der Waals surface area contributed by atoms with Gasteiger partial charge in [-0.05, 0) is 19.8 Å². The van der Waals surface area contributed by atoms with Gasteiger partial charge in [0.2, 0.25) is 5.91 Å². The lowest BCUT2D eigenvalue weighted by Crippen LogP contribution is -2.49. The Bertz CT molecular complexity index is 269. The highest BCUT2D eigenvalue weighted by atomic mass is 16.1. The molecule has 0 aromatic heterocycles. The lowest BCUT2D eigenvalue weighted by Gasteiger charge is -2.32. The van der Waals surface area contributed by atoms with Crippen molar-refractivity contribution in [3.63, 3.8) is 0 Å². The maximum atomic E-state index is 12.1. The van der Waals surface area contributed by atoms with Crippen molar-refractivity contribution in [3.8, 4) is 0 Å². The van der Waals surface area contributed by atoms with Crippen molar-refractivity contribution in [3.05, 3.63) is 0 Å². The number of rotatable bonds is 4. The van der Waals surface area contributed by atoms with E-state index in [4.69, 9.17) is 0 Å². The quantitative estimate of drug-likeness (QED) is 0.759. The minimum atomic E-state index is 0.248. The van der Waals surface area contributed by atoms with Crippen molar-refractivity contribution in [2.45, 2.75) is 64.0 Å². The minimum absolute atomic E-state index is 0.248. The Hall–Kier alpha value is -0.610. The number of nitrogens with one attached hydrogen (secondary N) is 2. The summed E-state index contributed by atoms with van der Waals surface area (Å²) >= 11 is 0. The van der Waals surface area contributed by atoms with E-state index in [0.717, 1.165) is 26.2 Å². The van der Waals surface area contributed by atoms with Crippen molar-refractivity contribution in [2.75, 3.05) is 26.2 Å². The largest absolute Gasteiger partial charge is 0.353 e. The molecule has 4 nitrogen and oxygen atoms in total. The van der Waals surface area contributed by atoms with Crippen LogP contribution in [-0.2, 0) is 4.79 Å². The van der Waals surface area contributed by atoms with Gasteiger partial charge in [0.05, 0.1) is 0 Å². The van der Waals surface area contributed by atoms with Gasteiger partial charge < -0.3 is 10.6 Å². The topological polar surface area (TPSA) is 44.4 Å². The average molecular weight is 267 g/mol. The molecule has 0 bridgehead atoms. The maximum absolute atomic E-state index is 12.1. The summed E-state index contributed by atoms with van der Waals surface area (Å²) < 4.78 is 0. The van der Waals surface area contributed by atoms with E-state index < -0.39 is 0 Å². The minimum Gasteiger partial charge on any atom is -0.353 e. The van der Waals surface area contributed by atoms with Gasteiger partial charge in [0, 0.05) is 44.7 Å². The fourth-order valence-electron chi connectivity index (χ4n) is 3.23. The number of amides is 1. The van der Waals surface area contributed by atoms with Crippen LogP contribution in [0.4, 0.5) is 0 Å². The highest BCUT2D eigenvalue weighted by Gasteiger charge is 2.21. The van der Waals surface area contributed by atoms with Crippen LogP contribution in [0.3, 0.4) is 0 Å². The summed E-state index contributed by atoms with van der Waals surface area (Å²) in [6.45, 7) is 6.41. The van der Waals surface area contributed by atoms with Gasteiger partial charge >= 0.3 is 0 Å². The Kier molecular flexibility index (Phi) is 6.11. The first-order valence-corrected chi connectivity index (χ1v) is 8.00. The lowest BCUT2D eigenvalue weighted by molar-refractivity contribution is -0.123. The fourth-order valence-corrected chi connectivity index (χ4v) is 3.23. The molecule has 1 atom stereocenters. The first-order chi connectivity index (χ1) is 9.25. The van der Waals surface area contributed by atoms with Crippen molar-refractivity contribution in [1.29, 1.82) is 0 Å². The highest BCUT2D eigenvalue weighted by molar-refractivity contribution is 5.76. The molecule has 110 valence electrons. The number of piperazine rings is 1. The Morgan fingerprint density at radius 2 is 1.84 bits per heavy atom. The molecule has 2 fully saturated rings.